The van der Waals surface area contributed by atoms with Crippen molar-refractivity contribution < 1.29 is 9.47 Å². The molecule has 0 saturated heterocycles. The van der Waals surface area contributed by atoms with Crippen molar-refractivity contribution in [2.75, 3.05) is 7.11 Å². The molecule has 0 radical (unpaired) electrons. The molecule has 4 rings (SSSR count). The zero-order valence-electron chi connectivity index (χ0n) is 14.1. The standard InChI is InChI=1S/C20H19N3O2/c1-24-17-8-4-14(5-9-17)12-25-20-18(15-6-7-15)19(22-13-23-20)16-3-2-10-21-11-16/h2-5,8-11,13,15H,6-7,12H2,1H3. The van der Waals surface area contributed by atoms with Crippen molar-refractivity contribution in [3.8, 4) is 22.9 Å². The van der Waals surface area contributed by atoms with Crippen LogP contribution in [0, 0.1) is 0 Å². The van der Waals surface area contributed by atoms with Crippen LogP contribution >= 0.6 is 0 Å². The molecule has 0 atom stereocenters. The second kappa shape index (κ2) is 6.89. The summed E-state index contributed by atoms with van der Waals surface area (Å²) in [5.41, 5.74) is 4.10. The Morgan fingerprint density at radius 3 is 2.60 bits per heavy atom. The number of rotatable bonds is 6. The van der Waals surface area contributed by atoms with Gasteiger partial charge in [-0.15, -0.1) is 0 Å². The molecule has 0 bridgehead atoms. The second-order valence-electron chi connectivity index (χ2n) is 6.09. The number of pyridine rings is 1. The molecule has 1 aromatic carbocycles. The van der Waals surface area contributed by atoms with Crippen LogP contribution in [-0.2, 0) is 6.61 Å². The highest BCUT2D eigenvalue weighted by atomic mass is 16.5. The van der Waals surface area contributed by atoms with Crippen LogP contribution in [0.5, 0.6) is 11.6 Å². The Bertz CT molecular complexity index is 847. The Hall–Kier alpha value is -2.95. The molecular formula is C20H19N3O2. The van der Waals surface area contributed by atoms with Crippen molar-refractivity contribution in [2.45, 2.75) is 25.4 Å². The fourth-order valence-corrected chi connectivity index (χ4v) is 2.84. The second-order valence-corrected chi connectivity index (χ2v) is 6.09. The molecule has 1 saturated carbocycles. The maximum Gasteiger partial charge on any atom is 0.220 e. The quantitative estimate of drug-likeness (QED) is 0.682. The van der Waals surface area contributed by atoms with Crippen molar-refractivity contribution in [3.05, 3.63) is 66.2 Å². The van der Waals surface area contributed by atoms with Gasteiger partial charge in [0.25, 0.3) is 0 Å². The summed E-state index contributed by atoms with van der Waals surface area (Å²) in [7, 11) is 1.66. The lowest BCUT2D eigenvalue weighted by molar-refractivity contribution is 0.289. The van der Waals surface area contributed by atoms with Crippen LogP contribution in [0.15, 0.2) is 55.1 Å². The summed E-state index contributed by atoms with van der Waals surface area (Å²) in [5.74, 6) is 1.98. The van der Waals surface area contributed by atoms with Crippen molar-refractivity contribution in [1.29, 1.82) is 0 Å². The van der Waals surface area contributed by atoms with Crippen LogP contribution in [0.4, 0.5) is 0 Å². The molecule has 126 valence electrons. The molecule has 0 unspecified atom stereocenters. The van der Waals surface area contributed by atoms with E-state index in [2.05, 4.69) is 15.0 Å². The van der Waals surface area contributed by atoms with Gasteiger partial charge in [0.2, 0.25) is 5.88 Å². The molecule has 5 heteroatoms. The summed E-state index contributed by atoms with van der Waals surface area (Å²) in [6, 6.07) is 11.8. The number of hydrogen-bond acceptors (Lipinski definition) is 5. The molecule has 5 nitrogen and oxygen atoms in total. The Morgan fingerprint density at radius 1 is 1.08 bits per heavy atom. The van der Waals surface area contributed by atoms with Crippen molar-refractivity contribution in [2.24, 2.45) is 0 Å². The van der Waals surface area contributed by atoms with E-state index in [9.17, 15) is 0 Å². The van der Waals surface area contributed by atoms with E-state index in [-0.39, 0.29) is 0 Å². The Balaban J connectivity index is 1.61. The summed E-state index contributed by atoms with van der Waals surface area (Å²) in [6.07, 6.45) is 7.47. The molecule has 1 aliphatic rings. The van der Waals surface area contributed by atoms with Gasteiger partial charge in [-0.1, -0.05) is 12.1 Å². The Morgan fingerprint density at radius 2 is 1.92 bits per heavy atom. The van der Waals surface area contributed by atoms with Gasteiger partial charge < -0.3 is 9.47 Å². The van der Waals surface area contributed by atoms with Crippen LogP contribution in [0.2, 0.25) is 0 Å². The molecule has 1 aliphatic carbocycles. The Labute approximate surface area is 146 Å². The van der Waals surface area contributed by atoms with E-state index in [0.717, 1.165) is 41.0 Å². The van der Waals surface area contributed by atoms with Crippen LogP contribution < -0.4 is 9.47 Å². The number of benzene rings is 1. The normalized spacial score (nSPS) is 13.5. The monoisotopic (exact) mass is 333 g/mol. The average Bonchev–Trinajstić information content (AvgIpc) is 3.52. The third-order valence-corrected chi connectivity index (χ3v) is 4.30. The van der Waals surface area contributed by atoms with Gasteiger partial charge in [-0.3, -0.25) is 4.98 Å². The predicted molar refractivity (Wildman–Crippen MR) is 94.6 cm³/mol. The fraction of sp³-hybridized carbons (Fsp3) is 0.250. The molecule has 0 N–H and O–H groups in total. The number of hydrogen-bond donors (Lipinski definition) is 0. The lowest BCUT2D eigenvalue weighted by Gasteiger charge is -2.13. The van der Waals surface area contributed by atoms with Crippen LogP contribution in [0.1, 0.15) is 29.9 Å². The van der Waals surface area contributed by atoms with Gasteiger partial charge in [0.05, 0.1) is 12.8 Å². The topological polar surface area (TPSA) is 57.1 Å². The van der Waals surface area contributed by atoms with E-state index in [0.29, 0.717) is 18.4 Å². The number of nitrogens with zero attached hydrogens (tertiary/aromatic N) is 3. The highest BCUT2D eigenvalue weighted by molar-refractivity contribution is 5.65. The van der Waals surface area contributed by atoms with Gasteiger partial charge >= 0.3 is 0 Å². The van der Waals surface area contributed by atoms with Crippen LogP contribution in [-0.4, -0.2) is 22.1 Å². The number of methoxy groups -OCH3 is 1. The zero-order valence-corrected chi connectivity index (χ0v) is 14.1. The first-order chi connectivity index (χ1) is 12.3. The fourth-order valence-electron chi connectivity index (χ4n) is 2.84. The van der Waals surface area contributed by atoms with E-state index in [1.54, 1.807) is 19.6 Å². The maximum absolute atomic E-state index is 6.05. The largest absolute Gasteiger partial charge is 0.497 e. The van der Waals surface area contributed by atoms with Crippen LogP contribution in [0.3, 0.4) is 0 Å². The highest BCUT2D eigenvalue weighted by Crippen LogP contribution is 2.47. The molecule has 0 aliphatic heterocycles. The van der Waals surface area contributed by atoms with Gasteiger partial charge in [-0.25, -0.2) is 9.97 Å². The highest BCUT2D eigenvalue weighted by Gasteiger charge is 2.31. The molecular weight excluding hydrogens is 314 g/mol. The first kappa shape index (κ1) is 15.6. The molecule has 2 heterocycles. The lowest BCUT2D eigenvalue weighted by atomic mass is 10.1. The van der Waals surface area contributed by atoms with Gasteiger partial charge in [0.15, 0.2) is 0 Å². The van der Waals surface area contributed by atoms with E-state index in [1.807, 2.05) is 42.6 Å². The molecule has 2 aromatic heterocycles. The number of ether oxygens (including phenoxy) is 2. The van der Waals surface area contributed by atoms with Crippen molar-refractivity contribution >= 4 is 0 Å². The minimum Gasteiger partial charge on any atom is -0.497 e. The summed E-state index contributed by atoms with van der Waals surface area (Å²) >= 11 is 0. The zero-order chi connectivity index (χ0) is 17.1. The van der Waals surface area contributed by atoms with Crippen LogP contribution in [0.25, 0.3) is 11.3 Å². The smallest absolute Gasteiger partial charge is 0.220 e. The average molecular weight is 333 g/mol. The van der Waals surface area contributed by atoms with Gasteiger partial charge in [-0.2, -0.15) is 0 Å². The lowest BCUT2D eigenvalue weighted by Crippen LogP contribution is -2.03. The Kier molecular flexibility index (Phi) is 4.29. The third kappa shape index (κ3) is 3.45. The van der Waals surface area contributed by atoms with Crippen molar-refractivity contribution in [1.82, 2.24) is 15.0 Å². The molecule has 0 amide bonds. The van der Waals surface area contributed by atoms with E-state index < -0.39 is 0 Å². The summed E-state index contributed by atoms with van der Waals surface area (Å²) in [6.45, 7) is 0.465. The van der Waals surface area contributed by atoms with Gasteiger partial charge in [0.1, 0.15) is 18.7 Å². The SMILES string of the molecule is COc1ccc(COc2ncnc(-c3cccnc3)c2C2CC2)cc1. The summed E-state index contributed by atoms with van der Waals surface area (Å²) in [5, 5.41) is 0. The van der Waals surface area contributed by atoms with Crippen molar-refractivity contribution in [3.63, 3.8) is 0 Å². The summed E-state index contributed by atoms with van der Waals surface area (Å²) < 4.78 is 11.2. The maximum atomic E-state index is 6.05. The van der Waals surface area contributed by atoms with E-state index in [4.69, 9.17) is 9.47 Å². The van der Waals surface area contributed by atoms with E-state index >= 15 is 0 Å². The minimum absolute atomic E-state index is 0.465. The molecule has 1 fully saturated rings. The first-order valence-electron chi connectivity index (χ1n) is 8.36. The predicted octanol–water partition coefficient (Wildman–Crippen LogP) is 4.00. The molecule has 0 spiro atoms. The van der Waals surface area contributed by atoms with Gasteiger partial charge in [0, 0.05) is 23.5 Å². The third-order valence-electron chi connectivity index (χ3n) is 4.30. The molecule has 3 aromatic rings. The number of aromatic nitrogens is 3. The first-order valence-corrected chi connectivity index (χ1v) is 8.36. The van der Waals surface area contributed by atoms with Gasteiger partial charge in [-0.05, 0) is 48.6 Å². The molecule has 25 heavy (non-hydrogen) atoms. The minimum atomic E-state index is 0.465. The summed E-state index contributed by atoms with van der Waals surface area (Å²) in [4.78, 5) is 13.1. The van der Waals surface area contributed by atoms with E-state index in [1.165, 1.54) is 0 Å².